The number of halogens is 1. The molecule has 3 N–H and O–H groups in total. The van der Waals surface area contributed by atoms with Crippen LogP contribution in [0, 0.1) is 0 Å². The molecule has 0 unspecified atom stereocenters. The normalized spacial score (nSPS) is 11.0. The van der Waals surface area contributed by atoms with Gasteiger partial charge in [-0.25, -0.2) is 4.98 Å². The number of aromatic nitrogens is 3. The van der Waals surface area contributed by atoms with Crippen LogP contribution >= 0.6 is 35.7 Å². The predicted molar refractivity (Wildman–Crippen MR) is 115 cm³/mol. The second kappa shape index (κ2) is 10.9. The summed E-state index contributed by atoms with van der Waals surface area (Å²) >= 11 is 1.80. The molecule has 0 spiro atoms. The summed E-state index contributed by atoms with van der Waals surface area (Å²) in [6, 6.07) is 14.0. The minimum atomic E-state index is 0. The van der Waals surface area contributed by atoms with Crippen LogP contribution in [0.1, 0.15) is 5.82 Å². The van der Waals surface area contributed by atoms with Crippen LogP contribution in [0.5, 0.6) is 0 Å². The SMILES string of the molecule is CN=C(NCCSc1ccccc1)NCc1nc(-c2ccco2)n[nH]1.I. The van der Waals surface area contributed by atoms with E-state index in [0.29, 0.717) is 24.0 Å². The van der Waals surface area contributed by atoms with Crippen molar-refractivity contribution in [3.05, 3.63) is 54.6 Å². The molecule has 0 atom stereocenters. The van der Waals surface area contributed by atoms with Gasteiger partial charge in [0.15, 0.2) is 11.7 Å². The van der Waals surface area contributed by atoms with E-state index in [9.17, 15) is 0 Å². The molecule has 7 nitrogen and oxygen atoms in total. The maximum Gasteiger partial charge on any atom is 0.216 e. The molecule has 0 amide bonds. The van der Waals surface area contributed by atoms with Crippen molar-refractivity contribution in [2.45, 2.75) is 11.4 Å². The first-order valence-corrected chi connectivity index (χ1v) is 8.91. The van der Waals surface area contributed by atoms with E-state index >= 15 is 0 Å². The first-order chi connectivity index (χ1) is 12.3. The molecule has 138 valence electrons. The Morgan fingerprint density at radius 2 is 2.04 bits per heavy atom. The van der Waals surface area contributed by atoms with E-state index in [2.05, 4.69) is 42.9 Å². The fourth-order valence-electron chi connectivity index (χ4n) is 2.13. The smallest absolute Gasteiger partial charge is 0.216 e. The highest BCUT2D eigenvalue weighted by molar-refractivity contribution is 14.0. The average molecular weight is 484 g/mol. The Labute approximate surface area is 173 Å². The van der Waals surface area contributed by atoms with Crippen molar-refractivity contribution in [2.75, 3.05) is 19.3 Å². The number of hydrogen-bond acceptors (Lipinski definition) is 5. The number of guanidine groups is 1. The van der Waals surface area contributed by atoms with Gasteiger partial charge in [-0.1, -0.05) is 18.2 Å². The number of aromatic amines is 1. The van der Waals surface area contributed by atoms with Crippen LogP contribution in [-0.4, -0.2) is 40.5 Å². The standard InChI is InChI=1S/C17H20N6OS.HI/c1-18-17(19-9-11-25-13-6-3-2-4-7-13)20-12-15-21-16(23-22-15)14-8-5-10-24-14;/h2-8,10H,9,11-12H2,1H3,(H2,18,19,20)(H,21,22,23);1H. The Balaban J connectivity index is 0.00000243. The second-order valence-corrected chi connectivity index (χ2v) is 6.27. The van der Waals surface area contributed by atoms with E-state index in [1.165, 1.54) is 4.90 Å². The summed E-state index contributed by atoms with van der Waals surface area (Å²) in [5.41, 5.74) is 0. The van der Waals surface area contributed by atoms with Gasteiger partial charge < -0.3 is 15.1 Å². The minimum absolute atomic E-state index is 0. The van der Waals surface area contributed by atoms with E-state index in [1.807, 2.05) is 30.3 Å². The Morgan fingerprint density at radius 3 is 2.77 bits per heavy atom. The number of furan rings is 1. The Hall–Kier alpha value is -2.01. The first-order valence-electron chi connectivity index (χ1n) is 7.92. The summed E-state index contributed by atoms with van der Waals surface area (Å²) in [6.45, 7) is 1.31. The van der Waals surface area contributed by atoms with Crippen molar-refractivity contribution >= 4 is 41.7 Å². The summed E-state index contributed by atoms with van der Waals surface area (Å²) in [7, 11) is 1.74. The maximum atomic E-state index is 5.28. The third-order valence-electron chi connectivity index (χ3n) is 3.33. The highest BCUT2D eigenvalue weighted by Gasteiger charge is 2.08. The van der Waals surface area contributed by atoms with Crippen LogP contribution in [0.4, 0.5) is 0 Å². The molecule has 0 fully saturated rings. The van der Waals surface area contributed by atoms with Gasteiger partial charge in [-0.05, 0) is 24.3 Å². The van der Waals surface area contributed by atoms with Crippen LogP contribution in [0.15, 0.2) is 63.0 Å². The molecule has 3 rings (SSSR count). The van der Waals surface area contributed by atoms with Crippen molar-refractivity contribution in [1.29, 1.82) is 0 Å². The molecular formula is C17H21IN6OS. The fourth-order valence-corrected chi connectivity index (χ4v) is 2.92. The van der Waals surface area contributed by atoms with E-state index < -0.39 is 0 Å². The van der Waals surface area contributed by atoms with Gasteiger partial charge in [-0.2, -0.15) is 0 Å². The molecule has 0 aliphatic rings. The van der Waals surface area contributed by atoms with Crippen LogP contribution in [0.25, 0.3) is 11.6 Å². The Bertz CT molecular complexity index is 791. The molecule has 2 aromatic heterocycles. The van der Waals surface area contributed by atoms with Crippen LogP contribution in [0.2, 0.25) is 0 Å². The predicted octanol–water partition coefficient (Wildman–Crippen LogP) is 3.14. The molecule has 0 aliphatic heterocycles. The van der Waals surface area contributed by atoms with Gasteiger partial charge in [0.25, 0.3) is 0 Å². The molecule has 0 saturated heterocycles. The Kier molecular flexibility index (Phi) is 8.48. The lowest BCUT2D eigenvalue weighted by Gasteiger charge is -2.10. The molecule has 0 bridgehead atoms. The van der Waals surface area contributed by atoms with E-state index in [1.54, 1.807) is 25.1 Å². The van der Waals surface area contributed by atoms with Gasteiger partial charge in [0.2, 0.25) is 5.82 Å². The van der Waals surface area contributed by atoms with Gasteiger partial charge in [0, 0.05) is 24.2 Å². The number of hydrogen-bond donors (Lipinski definition) is 3. The van der Waals surface area contributed by atoms with Gasteiger partial charge >= 0.3 is 0 Å². The largest absolute Gasteiger partial charge is 0.461 e. The number of nitrogens with zero attached hydrogens (tertiary/aromatic N) is 3. The lowest BCUT2D eigenvalue weighted by atomic mass is 10.4. The van der Waals surface area contributed by atoms with Crippen molar-refractivity contribution < 1.29 is 4.42 Å². The molecule has 0 saturated carbocycles. The topological polar surface area (TPSA) is 91.1 Å². The highest BCUT2D eigenvalue weighted by Crippen LogP contribution is 2.16. The van der Waals surface area contributed by atoms with E-state index in [0.717, 1.165) is 18.3 Å². The quantitative estimate of drug-likeness (QED) is 0.157. The number of rotatable bonds is 7. The summed E-state index contributed by atoms with van der Waals surface area (Å²) in [4.78, 5) is 9.86. The first kappa shape index (κ1) is 20.3. The van der Waals surface area contributed by atoms with Gasteiger partial charge in [0.05, 0.1) is 12.8 Å². The third kappa shape index (κ3) is 6.06. The lowest BCUT2D eigenvalue weighted by molar-refractivity contribution is 0.577. The van der Waals surface area contributed by atoms with Crippen LogP contribution in [-0.2, 0) is 6.54 Å². The van der Waals surface area contributed by atoms with Crippen molar-refractivity contribution in [3.8, 4) is 11.6 Å². The summed E-state index contributed by atoms with van der Waals surface area (Å²) in [6.07, 6.45) is 1.60. The number of aliphatic imine (C=N–C) groups is 1. The van der Waals surface area contributed by atoms with Crippen molar-refractivity contribution in [3.63, 3.8) is 0 Å². The lowest BCUT2D eigenvalue weighted by Crippen LogP contribution is -2.38. The monoisotopic (exact) mass is 484 g/mol. The van der Waals surface area contributed by atoms with Crippen LogP contribution < -0.4 is 10.6 Å². The number of benzene rings is 1. The summed E-state index contributed by atoms with van der Waals surface area (Å²) in [5, 5.41) is 13.5. The molecule has 1 aromatic carbocycles. The zero-order valence-electron chi connectivity index (χ0n) is 14.3. The zero-order chi connectivity index (χ0) is 17.3. The summed E-state index contributed by atoms with van der Waals surface area (Å²) < 4.78 is 5.28. The third-order valence-corrected chi connectivity index (χ3v) is 4.34. The fraction of sp³-hybridized carbons (Fsp3) is 0.235. The molecule has 0 radical (unpaired) electrons. The van der Waals surface area contributed by atoms with Gasteiger partial charge in [-0.15, -0.1) is 40.8 Å². The molecule has 9 heteroatoms. The average Bonchev–Trinajstić information content (AvgIpc) is 3.33. The molecule has 26 heavy (non-hydrogen) atoms. The Morgan fingerprint density at radius 1 is 1.19 bits per heavy atom. The molecule has 0 aliphatic carbocycles. The number of H-pyrrole nitrogens is 1. The van der Waals surface area contributed by atoms with Gasteiger partial charge in [-0.3, -0.25) is 10.1 Å². The molecular weight excluding hydrogens is 463 g/mol. The van der Waals surface area contributed by atoms with Crippen molar-refractivity contribution in [1.82, 2.24) is 25.8 Å². The van der Waals surface area contributed by atoms with Crippen LogP contribution in [0.3, 0.4) is 0 Å². The van der Waals surface area contributed by atoms with Gasteiger partial charge in [0.1, 0.15) is 5.82 Å². The summed E-state index contributed by atoms with van der Waals surface area (Å²) in [5.74, 6) is 3.58. The maximum absolute atomic E-state index is 5.28. The van der Waals surface area contributed by atoms with E-state index in [-0.39, 0.29) is 24.0 Å². The number of nitrogens with one attached hydrogen (secondary N) is 3. The molecule has 3 aromatic rings. The highest BCUT2D eigenvalue weighted by atomic mass is 127. The number of thioether (sulfide) groups is 1. The molecule has 2 heterocycles. The minimum Gasteiger partial charge on any atom is -0.461 e. The second-order valence-electron chi connectivity index (χ2n) is 5.10. The van der Waals surface area contributed by atoms with Crippen molar-refractivity contribution in [2.24, 2.45) is 4.99 Å². The van der Waals surface area contributed by atoms with E-state index in [4.69, 9.17) is 4.42 Å². The zero-order valence-corrected chi connectivity index (χ0v) is 17.5.